The maximum atomic E-state index is 6.70. The van der Waals surface area contributed by atoms with E-state index in [2.05, 4.69) is 208 Å². The van der Waals surface area contributed by atoms with Crippen molar-refractivity contribution in [2.45, 2.75) is 0 Å². The summed E-state index contributed by atoms with van der Waals surface area (Å²) in [6, 6.07) is 76.4. The Morgan fingerprint density at radius 2 is 0.634 bits per heavy atom. The second-order valence-corrected chi connectivity index (χ2v) is 18.3. The van der Waals surface area contributed by atoms with Gasteiger partial charge in [0.1, 0.15) is 22.3 Å². The highest BCUT2D eigenvalue weighted by atomic mass is 16.3. The molecule has 16 aromatic rings. The van der Waals surface area contributed by atoms with E-state index in [4.69, 9.17) is 23.8 Å². The number of hydrogen-bond donors (Lipinski definition) is 0. The molecule has 0 saturated heterocycles. The molecule has 0 unspecified atom stereocenters. The molecule has 8 nitrogen and oxygen atoms in total. The lowest BCUT2D eigenvalue weighted by atomic mass is 10.1. The first-order valence-electron chi connectivity index (χ1n) is 23.9. The first kappa shape index (κ1) is 38.2. The van der Waals surface area contributed by atoms with Gasteiger partial charge in [-0.25, -0.2) is 4.98 Å². The molecular formula is C63H36N6O2. The number of para-hydroxylation sites is 8. The van der Waals surface area contributed by atoms with Crippen LogP contribution in [0.1, 0.15) is 0 Å². The molecule has 6 heterocycles. The minimum absolute atomic E-state index is 0.518. The molecule has 0 N–H and O–H groups in total. The number of fused-ring (bicyclic) bond motifs is 17. The summed E-state index contributed by atoms with van der Waals surface area (Å²) in [6.45, 7) is 0. The molecule has 0 aliphatic heterocycles. The molecule has 16 rings (SSSR count). The van der Waals surface area contributed by atoms with Gasteiger partial charge in [-0.15, -0.1) is 0 Å². The Balaban J connectivity index is 0.987. The van der Waals surface area contributed by atoms with Crippen molar-refractivity contribution in [3.05, 3.63) is 218 Å². The molecule has 10 aromatic carbocycles. The first-order chi connectivity index (χ1) is 35.2. The van der Waals surface area contributed by atoms with E-state index < -0.39 is 0 Å². The molecule has 0 aliphatic rings. The second kappa shape index (κ2) is 14.4. The molecule has 6 aromatic heterocycles. The molecule has 0 radical (unpaired) electrons. The van der Waals surface area contributed by atoms with E-state index in [0.717, 1.165) is 132 Å². The normalized spacial score (nSPS) is 12.2. The highest BCUT2D eigenvalue weighted by Crippen LogP contribution is 2.44. The van der Waals surface area contributed by atoms with Crippen LogP contribution in [0.3, 0.4) is 0 Å². The van der Waals surface area contributed by atoms with E-state index >= 15 is 0 Å². The second-order valence-electron chi connectivity index (χ2n) is 18.3. The van der Waals surface area contributed by atoms with Crippen LogP contribution in [0.25, 0.3) is 149 Å². The standard InChI is InChI=1S/C63H36N6O2/c1-9-25-47-37(17-1)38-18-2-10-26-48(38)69(47)63-65-61(45-23-5-13-29-51(45)67-49-27-11-3-21-43(49)57-53(67)35-33-41-39-19-7-15-31-55(39)70-59(41)57)64-62(66-63)46-24-6-14-30-52(46)68-50-28-12-4-22-44(50)58-54(68)36-34-42-40-20-8-16-32-56(40)71-60(42)58/h1-36H. The number of rotatable bonds is 5. The van der Waals surface area contributed by atoms with Crippen LogP contribution >= 0.6 is 0 Å². The van der Waals surface area contributed by atoms with Crippen LogP contribution in [-0.2, 0) is 0 Å². The third kappa shape index (κ3) is 5.30. The maximum Gasteiger partial charge on any atom is 0.238 e. The van der Waals surface area contributed by atoms with Crippen LogP contribution in [0.15, 0.2) is 227 Å². The van der Waals surface area contributed by atoms with Gasteiger partial charge >= 0.3 is 0 Å². The van der Waals surface area contributed by atoms with Crippen LogP contribution in [-0.4, -0.2) is 28.7 Å². The average molecular weight is 909 g/mol. The summed E-state index contributed by atoms with van der Waals surface area (Å²) in [5, 5.41) is 10.9. The quantitative estimate of drug-likeness (QED) is 0.172. The topological polar surface area (TPSA) is 79.7 Å². The summed E-state index contributed by atoms with van der Waals surface area (Å²) >= 11 is 0. The van der Waals surface area contributed by atoms with Gasteiger partial charge in [-0.2, -0.15) is 9.97 Å². The maximum absolute atomic E-state index is 6.70. The van der Waals surface area contributed by atoms with Gasteiger partial charge in [0.05, 0.1) is 55.2 Å². The number of hydrogen-bond acceptors (Lipinski definition) is 5. The van der Waals surface area contributed by atoms with Crippen molar-refractivity contribution in [3.8, 4) is 40.1 Å². The fourth-order valence-electron chi connectivity index (χ4n) is 11.5. The Bertz CT molecular complexity index is 4610. The zero-order valence-corrected chi connectivity index (χ0v) is 37.8. The SMILES string of the molecule is c1ccc(-n2c3ccccc3c3c4oc5ccccc5c4ccc32)c(-c2nc(-c3ccccc3-n3c4ccccc4c4c5oc6ccccc6c5ccc43)nc(-n3c4ccccc4c4ccccc43)n2)c1. The molecule has 0 fully saturated rings. The summed E-state index contributed by atoms with van der Waals surface area (Å²) in [7, 11) is 0. The molecule has 0 amide bonds. The molecule has 8 heteroatoms. The highest BCUT2D eigenvalue weighted by Gasteiger charge is 2.26. The molecule has 330 valence electrons. The summed E-state index contributed by atoms with van der Waals surface area (Å²) < 4.78 is 20.3. The summed E-state index contributed by atoms with van der Waals surface area (Å²) in [5.41, 5.74) is 13.2. The Kier molecular flexibility index (Phi) is 7.73. The van der Waals surface area contributed by atoms with Gasteiger partial charge in [-0.1, -0.05) is 133 Å². The third-order valence-electron chi connectivity index (χ3n) is 14.5. The third-order valence-corrected chi connectivity index (χ3v) is 14.5. The molecule has 0 saturated carbocycles. The number of aromatic nitrogens is 6. The van der Waals surface area contributed by atoms with Crippen LogP contribution < -0.4 is 0 Å². The Morgan fingerprint density at radius 1 is 0.268 bits per heavy atom. The average Bonchev–Trinajstić information content (AvgIpc) is 4.24. The van der Waals surface area contributed by atoms with Gasteiger partial charge in [-0.05, 0) is 84.9 Å². The molecule has 71 heavy (non-hydrogen) atoms. The predicted octanol–water partition coefficient (Wildman–Crippen LogP) is 16.3. The summed E-state index contributed by atoms with van der Waals surface area (Å²) in [5.74, 6) is 1.60. The van der Waals surface area contributed by atoms with Gasteiger partial charge in [0.25, 0.3) is 0 Å². The predicted molar refractivity (Wildman–Crippen MR) is 288 cm³/mol. The molecule has 0 atom stereocenters. The molecular weight excluding hydrogens is 873 g/mol. The van der Waals surface area contributed by atoms with E-state index in [0.29, 0.717) is 17.6 Å². The Morgan fingerprint density at radius 3 is 1.10 bits per heavy atom. The summed E-state index contributed by atoms with van der Waals surface area (Å²) in [4.78, 5) is 16.6. The summed E-state index contributed by atoms with van der Waals surface area (Å²) in [6.07, 6.45) is 0. The fraction of sp³-hybridized carbons (Fsp3) is 0. The van der Waals surface area contributed by atoms with Gasteiger partial charge < -0.3 is 18.0 Å². The van der Waals surface area contributed by atoms with Gasteiger partial charge in [0, 0.05) is 54.2 Å². The molecule has 0 spiro atoms. The van der Waals surface area contributed by atoms with Gasteiger partial charge in [-0.3, -0.25) is 4.57 Å². The number of nitrogens with zero attached hydrogens (tertiary/aromatic N) is 6. The van der Waals surface area contributed by atoms with Crippen molar-refractivity contribution in [1.82, 2.24) is 28.7 Å². The smallest absolute Gasteiger partial charge is 0.238 e. The van der Waals surface area contributed by atoms with Crippen LogP contribution in [0.2, 0.25) is 0 Å². The van der Waals surface area contributed by atoms with Crippen molar-refractivity contribution < 1.29 is 8.83 Å². The monoisotopic (exact) mass is 908 g/mol. The minimum Gasteiger partial charge on any atom is -0.455 e. The van der Waals surface area contributed by atoms with E-state index in [-0.39, 0.29) is 0 Å². The lowest BCUT2D eigenvalue weighted by molar-refractivity contribution is 0.672. The number of furan rings is 2. The van der Waals surface area contributed by atoms with Gasteiger partial charge in [0.15, 0.2) is 11.6 Å². The zero-order chi connectivity index (χ0) is 46.3. The van der Waals surface area contributed by atoms with Crippen LogP contribution in [0.5, 0.6) is 0 Å². The molecule has 0 bridgehead atoms. The lowest BCUT2D eigenvalue weighted by Crippen LogP contribution is -2.09. The zero-order valence-electron chi connectivity index (χ0n) is 37.8. The van der Waals surface area contributed by atoms with Crippen LogP contribution in [0, 0.1) is 0 Å². The van der Waals surface area contributed by atoms with Crippen LogP contribution in [0.4, 0.5) is 0 Å². The van der Waals surface area contributed by atoms with Crippen molar-refractivity contribution in [1.29, 1.82) is 0 Å². The first-order valence-corrected chi connectivity index (χ1v) is 23.9. The van der Waals surface area contributed by atoms with Crippen molar-refractivity contribution in [2.24, 2.45) is 0 Å². The van der Waals surface area contributed by atoms with E-state index in [1.54, 1.807) is 0 Å². The number of benzene rings is 10. The van der Waals surface area contributed by atoms with Crippen molar-refractivity contribution >= 4 is 109 Å². The van der Waals surface area contributed by atoms with E-state index in [1.807, 2.05) is 24.3 Å². The van der Waals surface area contributed by atoms with Crippen molar-refractivity contribution in [3.63, 3.8) is 0 Å². The highest BCUT2D eigenvalue weighted by molar-refractivity contribution is 6.25. The van der Waals surface area contributed by atoms with Crippen molar-refractivity contribution in [2.75, 3.05) is 0 Å². The van der Waals surface area contributed by atoms with E-state index in [1.165, 1.54) is 0 Å². The Hall–Kier alpha value is -9.79. The fourth-order valence-corrected chi connectivity index (χ4v) is 11.5. The van der Waals surface area contributed by atoms with E-state index in [9.17, 15) is 0 Å². The molecule has 0 aliphatic carbocycles. The Labute approximate surface area is 403 Å². The minimum atomic E-state index is 0.518. The lowest BCUT2D eigenvalue weighted by Gasteiger charge is -2.17. The van der Waals surface area contributed by atoms with Gasteiger partial charge in [0.2, 0.25) is 5.95 Å². The largest absolute Gasteiger partial charge is 0.455 e.